The van der Waals surface area contributed by atoms with E-state index in [1.54, 1.807) is 31.3 Å². The highest BCUT2D eigenvalue weighted by molar-refractivity contribution is 7.99. The summed E-state index contributed by atoms with van der Waals surface area (Å²) < 4.78 is 29.5. The molecule has 106 valence electrons. The van der Waals surface area contributed by atoms with E-state index >= 15 is 0 Å². The van der Waals surface area contributed by atoms with E-state index in [1.807, 2.05) is 0 Å². The van der Waals surface area contributed by atoms with Gasteiger partial charge >= 0.3 is 6.01 Å². The molecule has 0 fully saturated rings. The van der Waals surface area contributed by atoms with Crippen LogP contribution in [0.2, 0.25) is 0 Å². The molecule has 1 aromatic carbocycles. The molecule has 0 unspecified atom stereocenters. The molecule has 1 heterocycles. The second kappa shape index (κ2) is 6.47. The van der Waals surface area contributed by atoms with Crippen molar-refractivity contribution in [3.63, 3.8) is 0 Å². The lowest BCUT2D eigenvalue weighted by molar-refractivity contribution is 0.252. The highest BCUT2D eigenvalue weighted by Gasteiger charge is 2.09. The van der Waals surface area contributed by atoms with Gasteiger partial charge in [-0.1, -0.05) is 23.9 Å². The van der Waals surface area contributed by atoms with Gasteiger partial charge in [0, 0.05) is 17.5 Å². The van der Waals surface area contributed by atoms with Gasteiger partial charge in [0.15, 0.2) is 5.82 Å². The van der Waals surface area contributed by atoms with E-state index in [2.05, 4.69) is 20.3 Å². The number of ether oxygens (including phenoxy) is 1. The van der Waals surface area contributed by atoms with Gasteiger partial charge in [0.05, 0.1) is 7.11 Å². The first-order chi connectivity index (χ1) is 9.62. The summed E-state index contributed by atoms with van der Waals surface area (Å²) in [5.74, 6) is -1.65. The molecule has 8 heteroatoms. The van der Waals surface area contributed by atoms with E-state index in [-0.39, 0.29) is 6.01 Å². The molecule has 0 amide bonds. The highest BCUT2D eigenvalue weighted by Crippen LogP contribution is 2.27. The van der Waals surface area contributed by atoms with Crippen LogP contribution in [0.1, 0.15) is 0 Å². The summed E-state index contributed by atoms with van der Waals surface area (Å²) in [4.78, 5) is 12.8. The molecule has 2 aromatic rings. The molecule has 0 radical (unpaired) electrons. The van der Waals surface area contributed by atoms with Crippen molar-refractivity contribution in [1.29, 1.82) is 0 Å². The summed E-state index contributed by atoms with van der Waals surface area (Å²) in [5, 5.41) is 2.80. The lowest BCUT2D eigenvalue weighted by Gasteiger charge is -2.06. The van der Waals surface area contributed by atoms with Crippen LogP contribution in [0.15, 0.2) is 29.2 Å². The maximum atomic E-state index is 12.2. The van der Waals surface area contributed by atoms with Crippen LogP contribution in [-0.2, 0) is 0 Å². The minimum atomic E-state index is -2.44. The standard InChI is InChI=1S/C12H12F2N4OS/c1-15-11-16-9(17-12(18-11)19-2)7-3-5-8(6-4-7)20-10(13)14/h3-6,10H,1-2H3,(H,15,16,17,18). The van der Waals surface area contributed by atoms with Gasteiger partial charge in [-0.2, -0.15) is 23.7 Å². The first kappa shape index (κ1) is 14.4. The Morgan fingerprint density at radius 2 is 1.85 bits per heavy atom. The number of thioether (sulfide) groups is 1. The molecule has 0 aliphatic heterocycles. The van der Waals surface area contributed by atoms with E-state index in [9.17, 15) is 8.78 Å². The van der Waals surface area contributed by atoms with Gasteiger partial charge in [-0.3, -0.25) is 0 Å². The fraction of sp³-hybridized carbons (Fsp3) is 0.250. The Morgan fingerprint density at radius 1 is 1.15 bits per heavy atom. The molecule has 1 aromatic heterocycles. The second-order valence-electron chi connectivity index (χ2n) is 3.62. The van der Waals surface area contributed by atoms with E-state index in [0.29, 0.717) is 34.0 Å². The monoisotopic (exact) mass is 298 g/mol. The highest BCUT2D eigenvalue weighted by atomic mass is 32.2. The van der Waals surface area contributed by atoms with Crippen LogP contribution in [0.4, 0.5) is 14.7 Å². The molecule has 0 bridgehead atoms. The van der Waals surface area contributed by atoms with E-state index in [0.717, 1.165) is 0 Å². The minimum Gasteiger partial charge on any atom is -0.467 e. The number of anilines is 1. The second-order valence-corrected chi connectivity index (χ2v) is 4.69. The Labute approximate surface area is 118 Å². The zero-order valence-electron chi connectivity index (χ0n) is 10.8. The number of hydrogen-bond acceptors (Lipinski definition) is 6. The molecule has 0 aliphatic carbocycles. The predicted octanol–water partition coefficient (Wildman–Crippen LogP) is 2.90. The van der Waals surface area contributed by atoms with Gasteiger partial charge in [-0.05, 0) is 12.1 Å². The number of nitrogens with one attached hydrogen (secondary N) is 1. The van der Waals surface area contributed by atoms with Crippen molar-refractivity contribution >= 4 is 17.7 Å². The Hall–Kier alpha value is -1.96. The van der Waals surface area contributed by atoms with Crippen LogP contribution >= 0.6 is 11.8 Å². The molecule has 5 nitrogen and oxygen atoms in total. The van der Waals surface area contributed by atoms with Crippen molar-refractivity contribution in [3.05, 3.63) is 24.3 Å². The third-order valence-electron chi connectivity index (χ3n) is 2.36. The molecule has 0 aliphatic rings. The summed E-state index contributed by atoms with van der Waals surface area (Å²) in [5.41, 5.74) is 0.695. The van der Waals surface area contributed by atoms with Gasteiger partial charge in [-0.15, -0.1) is 0 Å². The molecule has 0 saturated heterocycles. The fourth-order valence-electron chi connectivity index (χ4n) is 1.47. The maximum absolute atomic E-state index is 12.2. The van der Waals surface area contributed by atoms with Crippen molar-refractivity contribution in [2.24, 2.45) is 0 Å². The number of nitrogens with zero attached hydrogens (tertiary/aromatic N) is 3. The number of benzene rings is 1. The quantitative estimate of drug-likeness (QED) is 0.857. The average molecular weight is 298 g/mol. The maximum Gasteiger partial charge on any atom is 0.321 e. The lowest BCUT2D eigenvalue weighted by Crippen LogP contribution is -2.03. The summed E-state index contributed by atoms with van der Waals surface area (Å²) in [6.07, 6.45) is 0. The van der Waals surface area contributed by atoms with Gasteiger partial charge in [0.2, 0.25) is 5.95 Å². The normalized spacial score (nSPS) is 10.7. The van der Waals surface area contributed by atoms with Crippen LogP contribution < -0.4 is 10.1 Å². The summed E-state index contributed by atoms with van der Waals surface area (Å²) in [6, 6.07) is 6.74. The zero-order valence-corrected chi connectivity index (χ0v) is 11.6. The number of alkyl halides is 2. The minimum absolute atomic E-state index is 0.186. The van der Waals surface area contributed by atoms with Crippen LogP contribution in [0, 0.1) is 0 Å². The zero-order chi connectivity index (χ0) is 14.5. The van der Waals surface area contributed by atoms with Crippen molar-refractivity contribution in [2.75, 3.05) is 19.5 Å². The van der Waals surface area contributed by atoms with Gasteiger partial charge in [-0.25, -0.2) is 0 Å². The number of aromatic nitrogens is 3. The summed E-state index contributed by atoms with van der Waals surface area (Å²) in [6.45, 7) is 0. The molecule has 2 rings (SSSR count). The molecule has 0 spiro atoms. The third kappa shape index (κ3) is 3.53. The van der Waals surface area contributed by atoms with Crippen molar-refractivity contribution in [1.82, 2.24) is 15.0 Å². The Bertz CT molecular complexity index is 558. The van der Waals surface area contributed by atoms with E-state index < -0.39 is 5.76 Å². The van der Waals surface area contributed by atoms with Crippen LogP contribution in [0.25, 0.3) is 11.4 Å². The van der Waals surface area contributed by atoms with Crippen LogP contribution in [-0.4, -0.2) is 34.9 Å². The van der Waals surface area contributed by atoms with Gasteiger partial charge < -0.3 is 10.1 Å². The van der Waals surface area contributed by atoms with Crippen LogP contribution in [0.5, 0.6) is 6.01 Å². The fourth-order valence-corrected chi connectivity index (χ4v) is 1.97. The Morgan fingerprint density at radius 3 is 2.40 bits per heavy atom. The Balaban J connectivity index is 2.31. The van der Waals surface area contributed by atoms with Gasteiger partial charge in [0.1, 0.15) is 0 Å². The van der Waals surface area contributed by atoms with E-state index in [4.69, 9.17) is 4.74 Å². The lowest BCUT2D eigenvalue weighted by atomic mass is 10.2. The van der Waals surface area contributed by atoms with Crippen molar-refractivity contribution in [3.8, 4) is 17.4 Å². The first-order valence-electron chi connectivity index (χ1n) is 5.65. The molecular weight excluding hydrogens is 286 g/mol. The Kier molecular flexibility index (Phi) is 4.67. The predicted molar refractivity (Wildman–Crippen MR) is 73.2 cm³/mol. The topological polar surface area (TPSA) is 59.9 Å². The average Bonchev–Trinajstić information content (AvgIpc) is 2.46. The van der Waals surface area contributed by atoms with Crippen LogP contribution in [0.3, 0.4) is 0 Å². The van der Waals surface area contributed by atoms with Crippen molar-refractivity contribution < 1.29 is 13.5 Å². The molecule has 0 atom stereocenters. The van der Waals surface area contributed by atoms with Gasteiger partial charge in [0.25, 0.3) is 5.76 Å². The summed E-state index contributed by atoms with van der Waals surface area (Å²) in [7, 11) is 3.14. The number of methoxy groups -OCH3 is 1. The molecule has 20 heavy (non-hydrogen) atoms. The SMILES string of the molecule is CNc1nc(OC)nc(-c2ccc(SC(F)F)cc2)n1. The third-order valence-corrected chi connectivity index (χ3v) is 3.08. The molecule has 0 saturated carbocycles. The number of halogens is 2. The summed E-state index contributed by atoms with van der Waals surface area (Å²) >= 11 is 0.494. The number of rotatable bonds is 5. The smallest absolute Gasteiger partial charge is 0.321 e. The largest absolute Gasteiger partial charge is 0.467 e. The number of hydrogen-bond donors (Lipinski definition) is 1. The van der Waals surface area contributed by atoms with Crippen molar-refractivity contribution in [2.45, 2.75) is 10.7 Å². The molecule has 1 N–H and O–H groups in total. The first-order valence-corrected chi connectivity index (χ1v) is 6.53. The molecular formula is C12H12F2N4OS. The van der Waals surface area contributed by atoms with E-state index in [1.165, 1.54) is 7.11 Å².